The van der Waals surface area contributed by atoms with Gasteiger partial charge in [-0.15, -0.1) is 0 Å². The third-order valence-electron chi connectivity index (χ3n) is 2.63. The van der Waals surface area contributed by atoms with Crippen molar-refractivity contribution in [2.24, 2.45) is 5.73 Å². The number of primary amides is 1. The molecule has 0 unspecified atom stereocenters. The molecule has 0 atom stereocenters. The van der Waals surface area contributed by atoms with Gasteiger partial charge in [0.05, 0.1) is 12.7 Å². The molecule has 100 valence electrons. The molecule has 0 saturated heterocycles. The minimum Gasteiger partial charge on any atom is -0.496 e. The smallest absolute Gasteiger partial charge is 0.226 e. The minimum atomic E-state index is -0.329. The van der Waals surface area contributed by atoms with Gasteiger partial charge in [0.15, 0.2) is 0 Å². The molecule has 0 fully saturated rings. The number of hydrogen-bond donors (Lipinski definition) is 1. The predicted molar refractivity (Wildman–Crippen MR) is 68.4 cm³/mol. The summed E-state index contributed by atoms with van der Waals surface area (Å²) < 4.78 is 10.4. The van der Waals surface area contributed by atoms with Crippen molar-refractivity contribution < 1.29 is 14.1 Å². The van der Waals surface area contributed by atoms with Crippen molar-refractivity contribution in [3.63, 3.8) is 0 Å². The first-order valence-electron chi connectivity index (χ1n) is 5.95. The van der Waals surface area contributed by atoms with Gasteiger partial charge in [-0.25, -0.2) is 0 Å². The Labute approximate surface area is 110 Å². The highest BCUT2D eigenvalue weighted by Crippen LogP contribution is 2.27. The van der Waals surface area contributed by atoms with E-state index in [0.29, 0.717) is 36.7 Å². The van der Waals surface area contributed by atoms with E-state index in [9.17, 15) is 4.79 Å². The first kappa shape index (κ1) is 13.1. The summed E-state index contributed by atoms with van der Waals surface area (Å²) in [5, 5.41) is 3.91. The van der Waals surface area contributed by atoms with E-state index >= 15 is 0 Å². The zero-order chi connectivity index (χ0) is 13.7. The second-order valence-corrected chi connectivity index (χ2v) is 4.03. The van der Waals surface area contributed by atoms with Crippen molar-refractivity contribution in [3.8, 4) is 17.1 Å². The number of rotatable bonds is 6. The molecule has 0 aliphatic heterocycles. The summed E-state index contributed by atoms with van der Waals surface area (Å²) in [5.74, 6) is 1.32. The SMILES string of the molecule is COc1ccccc1-c1noc(CCCC(N)=O)n1. The predicted octanol–water partition coefficient (Wildman–Crippen LogP) is 1.55. The van der Waals surface area contributed by atoms with Crippen LogP contribution in [0.4, 0.5) is 0 Å². The van der Waals surface area contributed by atoms with Gasteiger partial charge in [-0.05, 0) is 18.6 Å². The van der Waals surface area contributed by atoms with Crippen LogP contribution in [0, 0.1) is 0 Å². The molecule has 19 heavy (non-hydrogen) atoms. The normalized spacial score (nSPS) is 10.4. The molecule has 0 radical (unpaired) electrons. The molecule has 1 aromatic heterocycles. The van der Waals surface area contributed by atoms with E-state index in [0.717, 1.165) is 5.56 Å². The highest BCUT2D eigenvalue weighted by Gasteiger charge is 2.12. The topological polar surface area (TPSA) is 91.2 Å². The van der Waals surface area contributed by atoms with Crippen LogP contribution in [0.3, 0.4) is 0 Å². The summed E-state index contributed by atoms with van der Waals surface area (Å²) >= 11 is 0. The molecule has 0 bridgehead atoms. The van der Waals surface area contributed by atoms with Crippen LogP contribution in [0.1, 0.15) is 18.7 Å². The van der Waals surface area contributed by atoms with Crippen LogP contribution in [0.15, 0.2) is 28.8 Å². The fraction of sp³-hybridized carbons (Fsp3) is 0.308. The number of hydrogen-bond acceptors (Lipinski definition) is 5. The van der Waals surface area contributed by atoms with E-state index in [2.05, 4.69) is 10.1 Å². The van der Waals surface area contributed by atoms with Gasteiger partial charge in [0, 0.05) is 12.8 Å². The number of nitrogens with two attached hydrogens (primary N) is 1. The Morgan fingerprint density at radius 3 is 2.95 bits per heavy atom. The van der Waals surface area contributed by atoms with E-state index in [1.807, 2.05) is 24.3 Å². The molecule has 1 heterocycles. The van der Waals surface area contributed by atoms with Crippen LogP contribution in [0.5, 0.6) is 5.75 Å². The highest BCUT2D eigenvalue weighted by atomic mass is 16.5. The average Bonchev–Trinajstić information content (AvgIpc) is 2.87. The van der Waals surface area contributed by atoms with Gasteiger partial charge < -0.3 is 15.0 Å². The standard InChI is InChI=1S/C13H15N3O3/c1-18-10-6-3-2-5-9(10)13-15-12(19-16-13)8-4-7-11(14)17/h2-3,5-6H,4,7-8H2,1H3,(H2,14,17). The number of nitrogens with zero attached hydrogens (tertiary/aromatic N) is 2. The quantitative estimate of drug-likeness (QED) is 0.851. The maximum atomic E-state index is 10.6. The second-order valence-electron chi connectivity index (χ2n) is 4.03. The molecule has 1 amide bonds. The molecule has 1 aromatic carbocycles. The summed E-state index contributed by atoms with van der Waals surface area (Å²) in [6.07, 6.45) is 1.44. The molecule has 0 spiro atoms. The Balaban J connectivity index is 2.10. The molecular formula is C13H15N3O3. The number of ether oxygens (including phenoxy) is 1. The number of benzene rings is 1. The van der Waals surface area contributed by atoms with Gasteiger partial charge in [0.25, 0.3) is 0 Å². The van der Waals surface area contributed by atoms with Crippen LogP contribution in [0.2, 0.25) is 0 Å². The average molecular weight is 261 g/mol. The monoisotopic (exact) mass is 261 g/mol. The second kappa shape index (κ2) is 5.99. The minimum absolute atomic E-state index is 0.312. The number of aryl methyl sites for hydroxylation is 1. The molecule has 6 heteroatoms. The lowest BCUT2D eigenvalue weighted by Gasteiger charge is -2.02. The lowest BCUT2D eigenvalue weighted by Crippen LogP contribution is -2.10. The molecule has 6 nitrogen and oxygen atoms in total. The first-order valence-corrected chi connectivity index (χ1v) is 5.95. The summed E-state index contributed by atoms with van der Waals surface area (Å²) in [5.41, 5.74) is 5.84. The van der Waals surface area contributed by atoms with Crippen molar-refractivity contribution in [1.82, 2.24) is 10.1 Å². The van der Waals surface area contributed by atoms with Gasteiger partial charge in [0.2, 0.25) is 17.6 Å². The molecule has 0 aliphatic rings. The third-order valence-corrected chi connectivity index (χ3v) is 2.63. The summed E-state index contributed by atoms with van der Waals surface area (Å²) in [6.45, 7) is 0. The van der Waals surface area contributed by atoms with Gasteiger partial charge in [-0.3, -0.25) is 4.79 Å². The Bertz CT molecular complexity index is 566. The maximum Gasteiger partial charge on any atom is 0.226 e. The number of aromatic nitrogens is 2. The third kappa shape index (κ3) is 3.31. The lowest BCUT2D eigenvalue weighted by molar-refractivity contribution is -0.118. The Morgan fingerprint density at radius 2 is 2.21 bits per heavy atom. The molecule has 2 N–H and O–H groups in total. The van der Waals surface area contributed by atoms with E-state index in [-0.39, 0.29) is 5.91 Å². The highest BCUT2D eigenvalue weighted by molar-refractivity contribution is 5.73. The van der Waals surface area contributed by atoms with Crippen molar-refractivity contribution in [2.45, 2.75) is 19.3 Å². The van der Waals surface area contributed by atoms with E-state index in [1.165, 1.54) is 0 Å². The molecule has 0 aliphatic carbocycles. The van der Waals surface area contributed by atoms with Gasteiger partial charge in [-0.2, -0.15) is 4.98 Å². The zero-order valence-corrected chi connectivity index (χ0v) is 10.6. The summed E-state index contributed by atoms with van der Waals surface area (Å²) in [4.78, 5) is 14.9. The molecule has 2 rings (SSSR count). The fourth-order valence-corrected chi connectivity index (χ4v) is 1.71. The summed E-state index contributed by atoms with van der Waals surface area (Å²) in [7, 11) is 1.59. The Hall–Kier alpha value is -2.37. The summed E-state index contributed by atoms with van der Waals surface area (Å²) in [6, 6.07) is 7.44. The van der Waals surface area contributed by atoms with Crippen molar-refractivity contribution in [1.29, 1.82) is 0 Å². The molecular weight excluding hydrogens is 246 g/mol. The van der Waals surface area contributed by atoms with Crippen LogP contribution in [-0.2, 0) is 11.2 Å². The number of para-hydroxylation sites is 1. The van der Waals surface area contributed by atoms with E-state index in [4.69, 9.17) is 15.0 Å². The van der Waals surface area contributed by atoms with Gasteiger partial charge in [0.1, 0.15) is 5.75 Å². The van der Waals surface area contributed by atoms with Crippen molar-refractivity contribution >= 4 is 5.91 Å². The molecule has 2 aromatic rings. The van der Waals surface area contributed by atoms with E-state index in [1.54, 1.807) is 7.11 Å². The van der Waals surface area contributed by atoms with Gasteiger partial charge >= 0.3 is 0 Å². The lowest BCUT2D eigenvalue weighted by atomic mass is 10.2. The fourth-order valence-electron chi connectivity index (χ4n) is 1.71. The molecule has 0 saturated carbocycles. The number of carbonyl (C=O) groups is 1. The number of methoxy groups -OCH3 is 1. The zero-order valence-electron chi connectivity index (χ0n) is 10.6. The van der Waals surface area contributed by atoms with Crippen LogP contribution >= 0.6 is 0 Å². The number of carbonyl (C=O) groups excluding carboxylic acids is 1. The Morgan fingerprint density at radius 1 is 1.42 bits per heavy atom. The van der Waals surface area contributed by atoms with E-state index < -0.39 is 0 Å². The van der Waals surface area contributed by atoms with Crippen LogP contribution in [0.25, 0.3) is 11.4 Å². The maximum absolute atomic E-state index is 10.6. The number of amides is 1. The van der Waals surface area contributed by atoms with Crippen LogP contribution < -0.4 is 10.5 Å². The first-order chi connectivity index (χ1) is 9.20. The largest absolute Gasteiger partial charge is 0.496 e. The van der Waals surface area contributed by atoms with Crippen molar-refractivity contribution in [3.05, 3.63) is 30.2 Å². The van der Waals surface area contributed by atoms with Gasteiger partial charge in [-0.1, -0.05) is 17.3 Å². The van der Waals surface area contributed by atoms with Crippen molar-refractivity contribution in [2.75, 3.05) is 7.11 Å². The van der Waals surface area contributed by atoms with Crippen LogP contribution in [-0.4, -0.2) is 23.2 Å². The Kier molecular flexibility index (Phi) is 4.12.